The van der Waals surface area contributed by atoms with Crippen LogP contribution in [0.5, 0.6) is 0 Å². The average Bonchev–Trinajstić information content (AvgIpc) is 3.18. The molecule has 1 aliphatic rings. The number of imidazole rings is 1. The molecule has 2 aromatic carbocycles. The highest BCUT2D eigenvalue weighted by Crippen LogP contribution is 2.31. The van der Waals surface area contributed by atoms with Crippen LogP contribution in [-0.4, -0.2) is 16.7 Å². The molecule has 0 unspecified atom stereocenters. The highest BCUT2D eigenvalue weighted by molar-refractivity contribution is 6.86. The Morgan fingerprint density at radius 1 is 0.812 bits per heavy atom. The lowest BCUT2D eigenvalue weighted by molar-refractivity contribution is 0.499. The van der Waals surface area contributed by atoms with Crippen LogP contribution in [0.1, 0.15) is 94.1 Å². The summed E-state index contributed by atoms with van der Waals surface area (Å²) >= 11 is 0. The van der Waals surface area contributed by atoms with Crippen LogP contribution >= 0.6 is 0 Å². The average molecular weight is 428 g/mol. The van der Waals surface area contributed by atoms with Crippen LogP contribution in [-0.2, 0) is 0 Å². The van der Waals surface area contributed by atoms with Crippen LogP contribution in [0.3, 0.4) is 0 Å². The molecule has 0 bridgehead atoms. The van der Waals surface area contributed by atoms with Gasteiger partial charge in [-0.3, -0.25) is 0 Å². The van der Waals surface area contributed by atoms with Gasteiger partial charge in [0.05, 0.1) is 12.0 Å². The van der Waals surface area contributed by atoms with E-state index in [1.807, 2.05) is 13.8 Å². The number of hydrogen-bond acceptors (Lipinski definition) is 1. The molecule has 0 amide bonds. The molecule has 0 radical (unpaired) electrons. The normalized spacial score (nSPS) is 14.4. The van der Waals surface area contributed by atoms with Crippen molar-refractivity contribution >= 4 is 17.6 Å². The Balaban J connectivity index is 0.000000352. The van der Waals surface area contributed by atoms with E-state index in [4.69, 9.17) is 0 Å². The Bertz CT molecular complexity index is 899. The van der Waals surface area contributed by atoms with Gasteiger partial charge < -0.3 is 4.98 Å². The summed E-state index contributed by atoms with van der Waals surface area (Å²) in [4.78, 5) is 6.92. The van der Waals surface area contributed by atoms with Gasteiger partial charge in [0.2, 0.25) is 6.71 Å². The van der Waals surface area contributed by atoms with Gasteiger partial charge in [0.1, 0.15) is 0 Å². The van der Waals surface area contributed by atoms with Crippen molar-refractivity contribution in [2.45, 2.75) is 91.3 Å². The molecular formula is C29H41BN2. The fraction of sp³-hybridized carbons (Fsp3) is 0.483. The summed E-state index contributed by atoms with van der Waals surface area (Å²) in [6.45, 7) is 13.7. The van der Waals surface area contributed by atoms with Crippen LogP contribution in [0.4, 0.5) is 0 Å². The summed E-state index contributed by atoms with van der Waals surface area (Å²) in [7, 11) is 0. The van der Waals surface area contributed by atoms with Crippen molar-refractivity contribution in [3.05, 3.63) is 77.4 Å². The quantitative estimate of drug-likeness (QED) is 0.440. The van der Waals surface area contributed by atoms with Crippen LogP contribution in [0.15, 0.2) is 54.9 Å². The fourth-order valence-electron chi connectivity index (χ4n) is 4.85. The van der Waals surface area contributed by atoms with Crippen molar-refractivity contribution in [3.8, 4) is 0 Å². The van der Waals surface area contributed by atoms with Gasteiger partial charge in [-0.15, -0.1) is 0 Å². The Labute approximate surface area is 196 Å². The molecule has 1 heterocycles. The predicted octanol–water partition coefficient (Wildman–Crippen LogP) is 6.90. The number of H-pyrrole nitrogens is 1. The zero-order valence-corrected chi connectivity index (χ0v) is 21.0. The summed E-state index contributed by atoms with van der Waals surface area (Å²) in [6.07, 6.45) is 8.67. The van der Waals surface area contributed by atoms with Gasteiger partial charge in [-0.2, -0.15) is 0 Å². The minimum Gasteiger partial charge on any atom is -0.348 e. The molecule has 2 nitrogen and oxygen atoms in total. The van der Waals surface area contributed by atoms with Crippen molar-refractivity contribution < 1.29 is 0 Å². The summed E-state index contributed by atoms with van der Waals surface area (Å²) in [5.41, 5.74) is 8.23. The van der Waals surface area contributed by atoms with Crippen molar-refractivity contribution in [1.29, 1.82) is 0 Å². The third kappa shape index (κ3) is 6.37. The van der Waals surface area contributed by atoms with E-state index >= 15 is 0 Å². The molecule has 1 N–H and O–H groups in total. The SMILES string of the molecule is CC(C)c1cccc(B(c2cccc(C(C)C)c2)C2CCCCC2)c1.Cc1nc[nH]c1C. The Hall–Kier alpha value is -2.29. The largest absolute Gasteiger partial charge is 0.348 e. The van der Waals surface area contributed by atoms with Crippen molar-refractivity contribution in [3.63, 3.8) is 0 Å². The molecule has 0 spiro atoms. The predicted molar refractivity (Wildman–Crippen MR) is 141 cm³/mol. The second kappa shape index (κ2) is 11.5. The standard InChI is InChI=1S/C24H33B.C5H8N2/c1-18(2)20-10-8-14-23(16-20)25(22-12-6-5-7-13-22)24-15-9-11-21(17-24)19(3)4;1-4-5(2)7-3-6-4/h8-11,14-19,22H,5-7,12-13H2,1-4H3;3H,1-2H3,(H,6,7). The van der Waals surface area contributed by atoms with Crippen molar-refractivity contribution in [2.24, 2.45) is 0 Å². The lowest BCUT2D eigenvalue weighted by Gasteiger charge is -2.29. The topological polar surface area (TPSA) is 28.7 Å². The molecule has 0 atom stereocenters. The van der Waals surface area contributed by atoms with Gasteiger partial charge in [-0.05, 0) is 36.8 Å². The molecule has 4 rings (SSSR count). The van der Waals surface area contributed by atoms with E-state index in [2.05, 4.69) is 86.2 Å². The van der Waals surface area contributed by atoms with E-state index in [0.717, 1.165) is 17.2 Å². The van der Waals surface area contributed by atoms with Gasteiger partial charge in [-0.25, -0.2) is 4.98 Å². The molecule has 3 heteroatoms. The van der Waals surface area contributed by atoms with Gasteiger partial charge >= 0.3 is 0 Å². The van der Waals surface area contributed by atoms with Crippen LogP contribution < -0.4 is 10.9 Å². The Morgan fingerprint density at radius 2 is 1.34 bits per heavy atom. The van der Waals surface area contributed by atoms with Gasteiger partial charge in [0, 0.05) is 5.69 Å². The zero-order chi connectivity index (χ0) is 23.1. The smallest absolute Gasteiger partial charge is 0.212 e. The lowest BCUT2D eigenvalue weighted by Crippen LogP contribution is -2.47. The van der Waals surface area contributed by atoms with Crippen molar-refractivity contribution in [1.82, 2.24) is 9.97 Å². The molecule has 1 aliphatic carbocycles. The number of rotatable bonds is 5. The van der Waals surface area contributed by atoms with E-state index in [1.165, 1.54) is 54.2 Å². The summed E-state index contributed by atoms with van der Waals surface area (Å²) in [5, 5.41) is 0. The maximum absolute atomic E-state index is 3.96. The fourth-order valence-corrected chi connectivity index (χ4v) is 4.85. The molecule has 0 saturated heterocycles. The van der Waals surface area contributed by atoms with Gasteiger partial charge in [0.15, 0.2) is 0 Å². The zero-order valence-electron chi connectivity index (χ0n) is 21.0. The number of benzene rings is 2. The third-order valence-electron chi connectivity index (χ3n) is 7.08. The second-order valence-electron chi connectivity index (χ2n) is 10.1. The highest BCUT2D eigenvalue weighted by Gasteiger charge is 2.30. The molecule has 1 aromatic heterocycles. The first-order valence-electron chi connectivity index (χ1n) is 12.5. The van der Waals surface area contributed by atoms with E-state index in [0.29, 0.717) is 18.5 Å². The van der Waals surface area contributed by atoms with Crippen LogP contribution in [0.2, 0.25) is 5.82 Å². The first-order chi connectivity index (χ1) is 15.4. The second-order valence-corrected chi connectivity index (χ2v) is 10.1. The number of nitrogens with zero attached hydrogens (tertiary/aromatic N) is 1. The van der Waals surface area contributed by atoms with Crippen LogP contribution in [0.25, 0.3) is 0 Å². The summed E-state index contributed by atoms with van der Waals surface area (Å²) in [5.74, 6) is 1.97. The highest BCUT2D eigenvalue weighted by atomic mass is 14.9. The molecule has 1 fully saturated rings. The Kier molecular flexibility index (Phi) is 8.79. The number of aryl methyl sites for hydroxylation is 2. The first kappa shape index (κ1) is 24.4. The number of aromatic amines is 1. The maximum atomic E-state index is 3.96. The number of hydrogen-bond donors (Lipinski definition) is 1. The summed E-state index contributed by atoms with van der Waals surface area (Å²) in [6, 6.07) is 18.8. The molecule has 3 aromatic rings. The first-order valence-corrected chi connectivity index (χ1v) is 12.5. The maximum Gasteiger partial charge on any atom is 0.212 e. The van der Waals surface area contributed by atoms with Gasteiger partial charge in [0.25, 0.3) is 0 Å². The Morgan fingerprint density at radius 3 is 1.72 bits per heavy atom. The molecular weight excluding hydrogens is 387 g/mol. The van der Waals surface area contributed by atoms with E-state index in [-0.39, 0.29) is 0 Å². The van der Waals surface area contributed by atoms with Crippen molar-refractivity contribution in [2.75, 3.05) is 0 Å². The minimum absolute atomic E-state index is 0.553. The molecule has 1 saturated carbocycles. The van der Waals surface area contributed by atoms with E-state index in [9.17, 15) is 0 Å². The summed E-state index contributed by atoms with van der Waals surface area (Å²) < 4.78 is 0. The monoisotopic (exact) mass is 428 g/mol. The van der Waals surface area contributed by atoms with Gasteiger partial charge in [-0.1, -0.05) is 125 Å². The minimum atomic E-state index is 0.553. The molecule has 32 heavy (non-hydrogen) atoms. The third-order valence-corrected chi connectivity index (χ3v) is 7.08. The number of aromatic nitrogens is 2. The molecule has 0 aliphatic heterocycles. The lowest BCUT2D eigenvalue weighted by atomic mass is 9.31. The molecule has 170 valence electrons. The van der Waals surface area contributed by atoms with E-state index < -0.39 is 0 Å². The number of nitrogens with one attached hydrogen (secondary N) is 1. The van der Waals surface area contributed by atoms with E-state index in [1.54, 1.807) is 6.33 Å². The van der Waals surface area contributed by atoms with Crippen LogP contribution in [0, 0.1) is 13.8 Å².